The quantitative estimate of drug-likeness (QED) is 0.127. The number of methoxy groups -OCH3 is 1. The number of carbonyl (C=O) groups is 5. The first kappa shape index (κ1) is 39.9. The second-order valence-electron chi connectivity index (χ2n) is 13.3. The second kappa shape index (κ2) is 20.9. The Balaban J connectivity index is 1.74. The highest BCUT2D eigenvalue weighted by Gasteiger charge is 2.33. The standard InChI is InChI=1S/C37H55N7O6/c1-25(2)22-31(34(46)41-30(16-10-11-19-38)36(48)44-20-17-28(18-21-44)40-37(49)50-3)43-35(47)32(24-27-14-8-5-9-15-27)42-33(45)29(39)23-26-12-6-4-7-13-26/h4-9,12-15,25,28-32H,10-11,16-24,38-39H2,1-3H3,(H,40,49)(H,41,46)(H,42,45)(H,43,47)/t29-,30-,31-,32-/m1/s1. The van der Waals surface area contributed by atoms with Crippen LogP contribution in [0.5, 0.6) is 0 Å². The van der Waals surface area contributed by atoms with Gasteiger partial charge in [0.2, 0.25) is 23.6 Å². The molecule has 8 N–H and O–H groups in total. The van der Waals surface area contributed by atoms with Gasteiger partial charge in [0.05, 0.1) is 13.2 Å². The fourth-order valence-electron chi connectivity index (χ4n) is 5.99. The third-order valence-corrected chi connectivity index (χ3v) is 8.77. The maximum Gasteiger partial charge on any atom is 0.407 e. The van der Waals surface area contributed by atoms with Crippen LogP contribution in [0.1, 0.15) is 63.5 Å². The van der Waals surface area contributed by atoms with Gasteiger partial charge >= 0.3 is 6.09 Å². The van der Waals surface area contributed by atoms with Crippen LogP contribution in [0.15, 0.2) is 60.7 Å². The van der Waals surface area contributed by atoms with Gasteiger partial charge in [0.25, 0.3) is 0 Å². The molecule has 1 fully saturated rings. The highest BCUT2D eigenvalue weighted by molar-refractivity contribution is 5.95. The Bertz CT molecular complexity index is 1370. The number of nitrogens with zero attached hydrogens (tertiary/aromatic N) is 1. The summed E-state index contributed by atoms with van der Waals surface area (Å²) in [7, 11) is 1.31. The van der Waals surface area contributed by atoms with Gasteiger partial charge in [0.1, 0.15) is 18.1 Å². The van der Waals surface area contributed by atoms with Gasteiger partial charge in [0, 0.05) is 25.6 Å². The zero-order chi connectivity index (χ0) is 36.5. The van der Waals surface area contributed by atoms with E-state index in [0.717, 1.165) is 11.1 Å². The minimum atomic E-state index is -1.00. The van der Waals surface area contributed by atoms with Crippen molar-refractivity contribution in [2.75, 3.05) is 26.7 Å². The van der Waals surface area contributed by atoms with Crippen molar-refractivity contribution >= 4 is 29.7 Å². The molecule has 13 nitrogen and oxygen atoms in total. The molecular weight excluding hydrogens is 638 g/mol. The lowest BCUT2D eigenvalue weighted by atomic mass is 9.99. The third kappa shape index (κ3) is 13.4. The predicted molar refractivity (Wildman–Crippen MR) is 192 cm³/mol. The molecule has 3 rings (SSSR count). The van der Waals surface area contributed by atoms with Crippen molar-refractivity contribution in [1.82, 2.24) is 26.2 Å². The molecule has 1 aliphatic rings. The smallest absolute Gasteiger partial charge is 0.407 e. The molecule has 5 amide bonds. The van der Waals surface area contributed by atoms with Gasteiger partial charge in [-0.15, -0.1) is 0 Å². The molecule has 0 radical (unpaired) electrons. The van der Waals surface area contributed by atoms with Crippen LogP contribution in [0.25, 0.3) is 0 Å². The maximum atomic E-state index is 13.9. The average molecular weight is 694 g/mol. The summed E-state index contributed by atoms with van der Waals surface area (Å²) in [5, 5.41) is 11.4. The van der Waals surface area contributed by atoms with Crippen LogP contribution in [0.2, 0.25) is 0 Å². The molecule has 0 saturated carbocycles. The van der Waals surface area contributed by atoms with Crippen molar-refractivity contribution in [3.63, 3.8) is 0 Å². The van der Waals surface area contributed by atoms with Gasteiger partial charge in [-0.2, -0.15) is 0 Å². The normalized spacial score (nSPS) is 15.7. The van der Waals surface area contributed by atoms with E-state index in [1.54, 1.807) is 4.90 Å². The van der Waals surface area contributed by atoms with Crippen LogP contribution in [-0.4, -0.2) is 91.6 Å². The van der Waals surface area contributed by atoms with Crippen LogP contribution in [0, 0.1) is 5.92 Å². The Morgan fingerprint density at radius 2 is 1.32 bits per heavy atom. The molecule has 13 heteroatoms. The first-order valence-electron chi connectivity index (χ1n) is 17.6. The number of ether oxygens (including phenoxy) is 1. The summed E-state index contributed by atoms with van der Waals surface area (Å²) in [6.07, 6.45) is 3.09. The van der Waals surface area contributed by atoms with Crippen molar-refractivity contribution in [1.29, 1.82) is 0 Å². The second-order valence-corrected chi connectivity index (χ2v) is 13.3. The van der Waals surface area contributed by atoms with Crippen molar-refractivity contribution < 1.29 is 28.7 Å². The minimum absolute atomic E-state index is 0.0280. The number of nitrogens with one attached hydrogen (secondary N) is 4. The van der Waals surface area contributed by atoms with E-state index in [9.17, 15) is 24.0 Å². The number of rotatable bonds is 18. The van der Waals surface area contributed by atoms with E-state index in [4.69, 9.17) is 16.2 Å². The number of carbonyl (C=O) groups excluding carboxylic acids is 5. The monoisotopic (exact) mass is 693 g/mol. The first-order valence-corrected chi connectivity index (χ1v) is 17.6. The molecule has 1 aliphatic heterocycles. The highest BCUT2D eigenvalue weighted by atomic mass is 16.5. The fraction of sp³-hybridized carbons (Fsp3) is 0.541. The van der Waals surface area contributed by atoms with Crippen LogP contribution < -0.4 is 32.7 Å². The van der Waals surface area contributed by atoms with E-state index in [1.807, 2.05) is 74.5 Å². The van der Waals surface area contributed by atoms with Gasteiger partial charge in [-0.25, -0.2) is 4.79 Å². The molecule has 4 atom stereocenters. The molecule has 50 heavy (non-hydrogen) atoms. The van der Waals surface area contributed by atoms with Crippen LogP contribution in [-0.2, 0) is 36.8 Å². The lowest BCUT2D eigenvalue weighted by Gasteiger charge is -2.35. The number of hydrogen-bond donors (Lipinski definition) is 6. The molecule has 2 aromatic rings. The largest absolute Gasteiger partial charge is 0.453 e. The molecule has 0 aliphatic carbocycles. The zero-order valence-corrected chi connectivity index (χ0v) is 29.6. The van der Waals surface area contributed by atoms with Gasteiger partial charge in [-0.05, 0) is 68.5 Å². The Hall–Kier alpha value is -4.49. The molecule has 0 aromatic heterocycles. The number of piperidine rings is 1. The summed E-state index contributed by atoms with van der Waals surface area (Å²) in [5.74, 6) is -1.68. The Kier molecular flexibility index (Phi) is 16.7. The van der Waals surface area contributed by atoms with Crippen LogP contribution in [0.4, 0.5) is 4.79 Å². The molecular formula is C37H55N7O6. The van der Waals surface area contributed by atoms with Gasteiger partial charge in [-0.3, -0.25) is 19.2 Å². The summed E-state index contributed by atoms with van der Waals surface area (Å²) < 4.78 is 4.69. The number of benzene rings is 2. The first-order chi connectivity index (χ1) is 24.0. The van der Waals surface area contributed by atoms with Crippen molar-refractivity contribution in [2.24, 2.45) is 17.4 Å². The number of nitrogens with two attached hydrogens (primary N) is 2. The number of unbranched alkanes of at least 4 members (excludes halogenated alkanes) is 1. The highest BCUT2D eigenvalue weighted by Crippen LogP contribution is 2.15. The molecule has 0 unspecified atom stereocenters. The van der Waals surface area contributed by atoms with E-state index < -0.39 is 48.0 Å². The van der Waals surface area contributed by atoms with E-state index >= 15 is 0 Å². The van der Waals surface area contributed by atoms with Gasteiger partial charge in [-0.1, -0.05) is 74.5 Å². The maximum absolute atomic E-state index is 13.9. The van der Waals surface area contributed by atoms with Crippen LogP contribution in [0.3, 0.4) is 0 Å². The Morgan fingerprint density at radius 3 is 1.88 bits per heavy atom. The SMILES string of the molecule is COC(=O)NC1CCN(C(=O)[C@@H](CCCCN)NC(=O)[C@@H](CC(C)C)NC(=O)[C@@H](Cc2ccccc2)NC(=O)[C@H](N)Cc2ccccc2)CC1. The van der Waals surface area contributed by atoms with Crippen molar-refractivity contribution in [3.05, 3.63) is 71.8 Å². The molecule has 1 heterocycles. The van der Waals surface area contributed by atoms with Crippen molar-refractivity contribution in [2.45, 2.75) is 95.4 Å². The lowest BCUT2D eigenvalue weighted by molar-refractivity contribution is -0.138. The molecule has 0 bridgehead atoms. The zero-order valence-electron chi connectivity index (χ0n) is 29.6. The number of likely N-dealkylation sites (tertiary alicyclic amines) is 1. The Morgan fingerprint density at radius 1 is 0.780 bits per heavy atom. The summed E-state index contributed by atoms with van der Waals surface area (Å²) in [5.41, 5.74) is 13.7. The average Bonchev–Trinajstić information content (AvgIpc) is 3.11. The predicted octanol–water partition coefficient (Wildman–Crippen LogP) is 1.78. The topological polar surface area (TPSA) is 198 Å². The lowest BCUT2D eigenvalue weighted by Crippen LogP contribution is -2.59. The Labute approximate surface area is 295 Å². The van der Waals surface area contributed by atoms with Gasteiger partial charge in [0.15, 0.2) is 0 Å². The molecule has 2 aromatic carbocycles. The molecule has 0 spiro atoms. The number of hydrogen-bond acceptors (Lipinski definition) is 8. The summed E-state index contributed by atoms with van der Waals surface area (Å²) in [6, 6.07) is 14.9. The summed E-state index contributed by atoms with van der Waals surface area (Å²) >= 11 is 0. The van der Waals surface area contributed by atoms with E-state index in [2.05, 4.69) is 21.3 Å². The summed E-state index contributed by atoms with van der Waals surface area (Å²) in [6.45, 7) is 5.16. The fourth-order valence-corrected chi connectivity index (χ4v) is 5.99. The number of alkyl carbamates (subject to hydrolysis) is 1. The van der Waals surface area contributed by atoms with E-state index in [-0.39, 0.29) is 24.3 Å². The molecule has 1 saturated heterocycles. The van der Waals surface area contributed by atoms with Crippen molar-refractivity contribution in [3.8, 4) is 0 Å². The van der Waals surface area contributed by atoms with Crippen LogP contribution >= 0.6 is 0 Å². The van der Waals surface area contributed by atoms with E-state index in [1.165, 1.54) is 7.11 Å². The third-order valence-electron chi connectivity index (χ3n) is 8.77. The summed E-state index contributed by atoms with van der Waals surface area (Å²) in [4.78, 5) is 68.1. The van der Waals surface area contributed by atoms with Gasteiger partial charge < -0.3 is 42.4 Å². The van der Waals surface area contributed by atoms with E-state index in [0.29, 0.717) is 64.6 Å². The minimum Gasteiger partial charge on any atom is -0.453 e. The number of amides is 5. The molecule has 274 valence electrons.